The summed E-state index contributed by atoms with van der Waals surface area (Å²) in [7, 11) is 1.78. The molecule has 4 rings (SSSR count). The van der Waals surface area contributed by atoms with Gasteiger partial charge in [0.1, 0.15) is 13.2 Å². The summed E-state index contributed by atoms with van der Waals surface area (Å²) < 4.78 is 12.8. The number of carbonyl (C=O) groups excluding carboxylic acids is 1. The summed E-state index contributed by atoms with van der Waals surface area (Å²) in [6, 6.07) is 15.3. The highest BCUT2D eigenvalue weighted by molar-refractivity contribution is 7.99. The topological polar surface area (TPSA) is 82.4 Å². The molecule has 0 aliphatic carbocycles. The van der Waals surface area contributed by atoms with Crippen LogP contribution in [0.1, 0.15) is 5.56 Å². The number of aromatic nitrogens is 4. The molecule has 8 nitrogen and oxygen atoms in total. The van der Waals surface area contributed by atoms with Crippen molar-refractivity contribution >= 4 is 17.7 Å². The average Bonchev–Trinajstić information content (AvgIpc) is 3.21. The van der Waals surface area contributed by atoms with Crippen molar-refractivity contribution in [3.8, 4) is 17.2 Å². The van der Waals surface area contributed by atoms with Gasteiger partial charge < -0.3 is 14.4 Å². The predicted octanol–water partition coefficient (Wildman–Crippen LogP) is 2.18. The van der Waals surface area contributed by atoms with E-state index < -0.39 is 0 Å². The van der Waals surface area contributed by atoms with E-state index in [1.165, 1.54) is 11.8 Å². The van der Waals surface area contributed by atoms with Gasteiger partial charge in [-0.25, -0.2) is 0 Å². The second-order valence-corrected chi connectivity index (χ2v) is 7.17. The Balaban J connectivity index is 1.36. The van der Waals surface area contributed by atoms with Crippen molar-refractivity contribution in [3.63, 3.8) is 0 Å². The van der Waals surface area contributed by atoms with Crippen LogP contribution >= 0.6 is 11.8 Å². The fraction of sp³-hybridized carbons (Fsp3) is 0.263. The van der Waals surface area contributed by atoms with Crippen LogP contribution in [0, 0.1) is 0 Å². The van der Waals surface area contributed by atoms with Crippen LogP contribution in [0.2, 0.25) is 0 Å². The first-order valence-corrected chi connectivity index (χ1v) is 9.78. The first-order valence-electron chi connectivity index (χ1n) is 8.80. The Morgan fingerprint density at radius 1 is 1.14 bits per heavy atom. The molecular weight excluding hydrogens is 378 g/mol. The van der Waals surface area contributed by atoms with Gasteiger partial charge in [-0.3, -0.25) is 4.79 Å². The SMILES string of the molecule is CN(Cc1ccc2c(c1)OCCO2)C(=O)CSc1nnnn1-c1ccccc1. The van der Waals surface area contributed by atoms with Crippen LogP contribution in [0.3, 0.4) is 0 Å². The molecule has 144 valence electrons. The largest absolute Gasteiger partial charge is 0.486 e. The molecule has 1 aromatic heterocycles. The van der Waals surface area contributed by atoms with Crippen LogP contribution in [-0.4, -0.2) is 57.0 Å². The molecule has 0 spiro atoms. The van der Waals surface area contributed by atoms with E-state index in [0.29, 0.717) is 24.9 Å². The highest BCUT2D eigenvalue weighted by Gasteiger charge is 2.16. The molecule has 0 fully saturated rings. The maximum Gasteiger partial charge on any atom is 0.233 e. The molecule has 1 aliphatic rings. The Kier molecular flexibility index (Phi) is 5.43. The number of para-hydroxylation sites is 1. The number of fused-ring (bicyclic) bond motifs is 1. The molecular formula is C19H19N5O3S. The molecule has 3 aromatic rings. The Labute approximate surface area is 166 Å². The van der Waals surface area contributed by atoms with Crippen LogP contribution in [0.15, 0.2) is 53.7 Å². The lowest BCUT2D eigenvalue weighted by Crippen LogP contribution is -2.28. The highest BCUT2D eigenvalue weighted by atomic mass is 32.2. The third kappa shape index (κ3) is 4.09. The first-order chi connectivity index (χ1) is 13.7. The van der Waals surface area contributed by atoms with Gasteiger partial charge in [-0.1, -0.05) is 36.0 Å². The maximum absolute atomic E-state index is 12.6. The summed E-state index contributed by atoms with van der Waals surface area (Å²) in [6.07, 6.45) is 0. The van der Waals surface area contributed by atoms with Crippen molar-refractivity contribution in [1.82, 2.24) is 25.1 Å². The number of hydrogen-bond donors (Lipinski definition) is 0. The summed E-state index contributed by atoms with van der Waals surface area (Å²) >= 11 is 1.31. The lowest BCUT2D eigenvalue weighted by Gasteiger charge is -2.21. The van der Waals surface area contributed by atoms with E-state index in [1.807, 2.05) is 48.5 Å². The minimum Gasteiger partial charge on any atom is -0.486 e. The molecule has 0 unspecified atom stereocenters. The molecule has 2 aromatic carbocycles. The van der Waals surface area contributed by atoms with E-state index in [9.17, 15) is 4.79 Å². The van der Waals surface area contributed by atoms with Gasteiger partial charge >= 0.3 is 0 Å². The lowest BCUT2D eigenvalue weighted by atomic mass is 10.2. The van der Waals surface area contributed by atoms with Crippen molar-refractivity contribution in [2.75, 3.05) is 26.0 Å². The summed E-state index contributed by atoms with van der Waals surface area (Å²) in [4.78, 5) is 14.2. The molecule has 2 heterocycles. The van der Waals surface area contributed by atoms with Crippen molar-refractivity contribution in [1.29, 1.82) is 0 Å². The van der Waals surface area contributed by atoms with E-state index >= 15 is 0 Å². The van der Waals surface area contributed by atoms with Crippen LogP contribution in [-0.2, 0) is 11.3 Å². The fourth-order valence-electron chi connectivity index (χ4n) is 2.78. The number of thioether (sulfide) groups is 1. The lowest BCUT2D eigenvalue weighted by molar-refractivity contribution is -0.127. The molecule has 9 heteroatoms. The van der Waals surface area contributed by atoms with E-state index in [-0.39, 0.29) is 11.7 Å². The number of ether oxygens (including phenoxy) is 2. The fourth-order valence-corrected chi connectivity index (χ4v) is 3.62. The molecule has 1 aliphatic heterocycles. The normalized spacial score (nSPS) is 12.6. The molecule has 0 radical (unpaired) electrons. The molecule has 0 saturated carbocycles. The standard InChI is InChI=1S/C19H19N5O3S/c1-23(12-14-7-8-16-17(11-14)27-10-9-26-16)18(25)13-28-19-20-21-22-24(19)15-5-3-2-4-6-15/h2-8,11H,9-10,12-13H2,1H3. The number of hydrogen-bond acceptors (Lipinski definition) is 7. The number of carbonyl (C=O) groups is 1. The average molecular weight is 397 g/mol. The second kappa shape index (κ2) is 8.30. The predicted molar refractivity (Wildman–Crippen MR) is 104 cm³/mol. The smallest absolute Gasteiger partial charge is 0.233 e. The summed E-state index contributed by atoms with van der Waals surface area (Å²) in [5.74, 6) is 1.70. The van der Waals surface area contributed by atoms with Gasteiger partial charge in [0, 0.05) is 13.6 Å². The second-order valence-electron chi connectivity index (χ2n) is 6.23. The Morgan fingerprint density at radius 2 is 1.93 bits per heavy atom. The van der Waals surface area contributed by atoms with Crippen molar-refractivity contribution in [3.05, 3.63) is 54.1 Å². The van der Waals surface area contributed by atoms with Gasteiger partial charge in [-0.15, -0.1) is 5.10 Å². The van der Waals surface area contributed by atoms with Crippen molar-refractivity contribution in [2.24, 2.45) is 0 Å². The van der Waals surface area contributed by atoms with Crippen molar-refractivity contribution in [2.45, 2.75) is 11.7 Å². The van der Waals surface area contributed by atoms with Gasteiger partial charge in [0.25, 0.3) is 0 Å². The summed E-state index contributed by atoms with van der Waals surface area (Å²) in [6.45, 7) is 1.59. The molecule has 0 atom stereocenters. The number of benzene rings is 2. The molecule has 0 saturated heterocycles. The number of tetrazole rings is 1. The highest BCUT2D eigenvalue weighted by Crippen LogP contribution is 2.31. The molecule has 0 N–H and O–H groups in total. The summed E-state index contributed by atoms with van der Waals surface area (Å²) in [5.41, 5.74) is 1.84. The number of rotatable bonds is 6. The minimum atomic E-state index is -0.0116. The van der Waals surface area contributed by atoms with E-state index in [4.69, 9.17) is 9.47 Å². The molecule has 28 heavy (non-hydrogen) atoms. The van der Waals surface area contributed by atoms with E-state index in [2.05, 4.69) is 15.5 Å². The Bertz CT molecular complexity index is 963. The third-order valence-corrected chi connectivity index (χ3v) is 5.12. The van der Waals surface area contributed by atoms with Gasteiger partial charge in [-0.05, 0) is 40.3 Å². The van der Waals surface area contributed by atoms with Crippen molar-refractivity contribution < 1.29 is 14.3 Å². The summed E-state index contributed by atoms with van der Waals surface area (Å²) in [5, 5.41) is 12.3. The molecule has 0 bridgehead atoms. The van der Waals surface area contributed by atoms with Gasteiger partial charge in [0.2, 0.25) is 11.1 Å². The van der Waals surface area contributed by atoms with E-state index in [0.717, 1.165) is 22.7 Å². The van der Waals surface area contributed by atoms with Gasteiger partial charge in [-0.2, -0.15) is 4.68 Å². The monoisotopic (exact) mass is 397 g/mol. The zero-order valence-corrected chi connectivity index (χ0v) is 16.1. The zero-order valence-electron chi connectivity index (χ0n) is 15.3. The number of nitrogens with zero attached hydrogens (tertiary/aromatic N) is 5. The Morgan fingerprint density at radius 3 is 2.75 bits per heavy atom. The van der Waals surface area contributed by atoms with Gasteiger partial charge in [0.15, 0.2) is 11.5 Å². The van der Waals surface area contributed by atoms with Crippen LogP contribution in [0.5, 0.6) is 11.5 Å². The maximum atomic E-state index is 12.6. The van der Waals surface area contributed by atoms with Crippen LogP contribution in [0.25, 0.3) is 5.69 Å². The zero-order chi connectivity index (χ0) is 19.3. The minimum absolute atomic E-state index is 0.0116. The van der Waals surface area contributed by atoms with Crippen LogP contribution < -0.4 is 9.47 Å². The quantitative estimate of drug-likeness (QED) is 0.590. The van der Waals surface area contributed by atoms with Crippen LogP contribution in [0.4, 0.5) is 0 Å². The Hall–Kier alpha value is -3.07. The van der Waals surface area contributed by atoms with E-state index in [1.54, 1.807) is 16.6 Å². The van der Waals surface area contributed by atoms with Gasteiger partial charge in [0.05, 0.1) is 11.4 Å². The number of amides is 1. The molecule has 1 amide bonds. The first kappa shape index (κ1) is 18.3. The third-order valence-electron chi connectivity index (χ3n) is 4.22.